The number of amides is 2. The third-order valence-corrected chi connectivity index (χ3v) is 4.13. The molecule has 0 aliphatic rings. The fourth-order valence-corrected chi connectivity index (χ4v) is 2.55. The van der Waals surface area contributed by atoms with Crippen molar-refractivity contribution in [2.75, 3.05) is 11.9 Å². The van der Waals surface area contributed by atoms with Crippen LogP contribution in [0.15, 0.2) is 72.8 Å². The third-order valence-electron chi connectivity index (χ3n) is 4.13. The van der Waals surface area contributed by atoms with E-state index in [0.29, 0.717) is 22.7 Å². The SMILES string of the molecule is Cc1ccc(Oc2ccccc2NC(=O)CNC(=O)c2ccc(C)cc2)cc1. The Morgan fingerprint density at radius 2 is 1.43 bits per heavy atom. The number of hydrogen-bond donors (Lipinski definition) is 2. The number of para-hydroxylation sites is 2. The van der Waals surface area contributed by atoms with E-state index in [-0.39, 0.29) is 18.4 Å². The van der Waals surface area contributed by atoms with E-state index >= 15 is 0 Å². The Morgan fingerprint density at radius 3 is 2.11 bits per heavy atom. The van der Waals surface area contributed by atoms with Gasteiger partial charge >= 0.3 is 0 Å². The quantitative estimate of drug-likeness (QED) is 0.669. The summed E-state index contributed by atoms with van der Waals surface area (Å²) in [5.41, 5.74) is 3.26. The van der Waals surface area contributed by atoms with Crippen molar-refractivity contribution in [3.63, 3.8) is 0 Å². The Morgan fingerprint density at radius 1 is 0.821 bits per heavy atom. The molecule has 0 saturated carbocycles. The number of benzene rings is 3. The summed E-state index contributed by atoms with van der Waals surface area (Å²) in [6.07, 6.45) is 0. The maximum atomic E-state index is 12.3. The molecule has 0 heterocycles. The van der Waals surface area contributed by atoms with Crippen LogP contribution in [0.2, 0.25) is 0 Å². The average Bonchev–Trinajstić information content (AvgIpc) is 2.70. The number of nitrogens with one attached hydrogen (secondary N) is 2. The van der Waals surface area contributed by atoms with Crippen molar-refractivity contribution in [2.45, 2.75) is 13.8 Å². The molecule has 0 spiro atoms. The summed E-state index contributed by atoms with van der Waals surface area (Å²) in [4.78, 5) is 24.4. The summed E-state index contributed by atoms with van der Waals surface area (Å²) < 4.78 is 5.87. The number of carbonyl (C=O) groups is 2. The van der Waals surface area contributed by atoms with Gasteiger partial charge in [0, 0.05) is 5.56 Å². The molecule has 5 heteroatoms. The molecule has 0 fully saturated rings. The van der Waals surface area contributed by atoms with Gasteiger partial charge in [-0.25, -0.2) is 0 Å². The van der Waals surface area contributed by atoms with Gasteiger partial charge in [-0.2, -0.15) is 0 Å². The highest BCUT2D eigenvalue weighted by Crippen LogP contribution is 2.29. The van der Waals surface area contributed by atoms with Gasteiger partial charge < -0.3 is 15.4 Å². The van der Waals surface area contributed by atoms with Crippen molar-refractivity contribution in [1.82, 2.24) is 5.32 Å². The van der Waals surface area contributed by atoms with Crippen LogP contribution in [0, 0.1) is 13.8 Å². The summed E-state index contributed by atoms with van der Waals surface area (Å²) in [6, 6.07) is 22.0. The third kappa shape index (κ3) is 5.20. The number of anilines is 1. The van der Waals surface area contributed by atoms with E-state index in [9.17, 15) is 9.59 Å². The van der Waals surface area contributed by atoms with Crippen LogP contribution < -0.4 is 15.4 Å². The second-order valence-corrected chi connectivity index (χ2v) is 6.51. The van der Waals surface area contributed by atoms with Crippen LogP contribution in [-0.2, 0) is 4.79 Å². The monoisotopic (exact) mass is 374 g/mol. The highest BCUT2D eigenvalue weighted by atomic mass is 16.5. The Hall–Kier alpha value is -3.60. The lowest BCUT2D eigenvalue weighted by molar-refractivity contribution is -0.115. The summed E-state index contributed by atoms with van der Waals surface area (Å²) in [6.45, 7) is 3.82. The number of aryl methyl sites for hydroxylation is 2. The normalized spacial score (nSPS) is 10.2. The first-order valence-electron chi connectivity index (χ1n) is 8.99. The van der Waals surface area contributed by atoms with Gasteiger partial charge in [0.1, 0.15) is 5.75 Å². The molecule has 0 atom stereocenters. The van der Waals surface area contributed by atoms with Gasteiger partial charge in [-0.15, -0.1) is 0 Å². The number of carbonyl (C=O) groups excluding carboxylic acids is 2. The van der Waals surface area contributed by atoms with E-state index in [2.05, 4.69) is 10.6 Å². The van der Waals surface area contributed by atoms with Gasteiger partial charge in [0.25, 0.3) is 5.91 Å². The topological polar surface area (TPSA) is 67.4 Å². The lowest BCUT2D eigenvalue weighted by atomic mass is 10.1. The van der Waals surface area contributed by atoms with Gasteiger partial charge in [0.05, 0.1) is 12.2 Å². The van der Waals surface area contributed by atoms with Crippen LogP contribution in [0.25, 0.3) is 0 Å². The molecule has 3 aromatic carbocycles. The molecule has 2 N–H and O–H groups in total. The first-order valence-corrected chi connectivity index (χ1v) is 8.99. The first-order chi connectivity index (χ1) is 13.5. The second kappa shape index (κ2) is 8.86. The predicted molar refractivity (Wildman–Crippen MR) is 110 cm³/mol. The molecule has 2 amide bonds. The van der Waals surface area contributed by atoms with E-state index in [4.69, 9.17) is 4.74 Å². The highest BCUT2D eigenvalue weighted by Gasteiger charge is 2.11. The molecular formula is C23H22N2O3. The zero-order chi connectivity index (χ0) is 19.9. The molecule has 0 aliphatic heterocycles. The molecule has 5 nitrogen and oxygen atoms in total. The Bertz CT molecular complexity index is 964. The van der Waals surface area contributed by atoms with Crippen LogP contribution in [0.5, 0.6) is 11.5 Å². The molecule has 3 rings (SSSR count). The maximum Gasteiger partial charge on any atom is 0.251 e. The number of rotatable bonds is 6. The first kappa shape index (κ1) is 19.2. The highest BCUT2D eigenvalue weighted by molar-refractivity contribution is 5.99. The van der Waals surface area contributed by atoms with E-state index in [1.165, 1.54) is 0 Å². The van der Waals surface area contributed by atoms with E-state index < -0.39 is 0 Å². The van der Waals surface area contributed by atoms with Gasteiger partial charge in [0.2, 0.25) is 5.91 Å². The van der Waals surface area contributed by atoms with Gasteiger partial charge in [0.15, 0.2) is 5.75 Å². The van der Waals surface area contributed by atoms with Crippen molar-refractivity contribution >= 4 is 17.5 Å². The zero-order valence-corrected chi connectivity index (χ0v) is 15.9. The van der Waals surface area contributed by atoms with Crippen LogP contribution in [0.4, 0.5) is 5.69 Å². The van der Waals surface area contributed by atoms with Gasteiger partial charge in [-0.05, 0) is 50.2 Å². The van der Waals surface area contributed by atoms with Crippen molar-refractivity contribution in [3.8, 4) is 11.5 Å². The molecule has 0 aliphatic carbocycles. The summed E-state index contributed by atoms with van der Waals surface area (Å²) in [5.74, 6) is 0.587. The van der Waals surface area contributed by atoms with E-state index in [1.54, 1.807) is 24.3 Å². The molecule has 0 radical (unpaired) electrons. The lowest BCUT2D eigenvalue weighted by Gasteiger charge is -2.13. The van der Waals surface area contributed by atoms with Crippen molar-refractivity contribution in [2.24, 2.45) is 0 Å². The Kier molecular flexibility index (Phi) is 6.07. The lowest BCUT2D eigenvalue weighted by Crippen LogP contribution is -2.32. The summed E-state index contributed by atoms with van der Waals surface area (Å²) in [5, 5.41) is 5.40. The van der Waals surface area contributed by atoms with Gasteiger partial charge in [-0.1, -0.05) is 47.5 Å². The number of ether oxygens (including phenoxy) is 1. The number of hydrogen-bond acceptors (Lipinski definition) is 3. The molecule has 0 saturated heterocycles. The van der Waals surface area contributed by atoms with Crippen LogP contribution >= 0.6 is 0 Å². The fourth-order valence-electron chi connectivity index (χ4n) is 2.55. The molecule has 142 valence electrons. The predicted octanol–water partition coefficient (Wildman–Crippen LogP) is 4.46. The molecular weight excluding hydrogens is 352 g/mol. The fraction of sp³-hybridized carbons (Fsp3) is 0.130. The Labute approximate surface area is 164 Å². The minimum Gasteiger partial charge on any atom is -0.455 e. The van der Waals surface area contributed by atoms with Crippen LogP contribution in [0.3, 0.4) is 0 Å². The van der Waals surface area contributed by atoms with Crippen molar-refractivity contribution < 1.29 is 14.3 Å². The largest absolute Gasteiger partial charge is 0.455 e. The standard InChI is InChI=1S/C23H22N2O3/c1-16-7-11-18(12-8-16)23(27)24-15-22(26)25-20-5-3-4-6-21(20)28-19-13-9-17(2)10-14-19/h3-14H,15H2,1-2H3,(H,24,27)(H,25,26). The molecule has 0 bridgehead atoms. The molecule has 0 aromatic heterocycles. The average molecular weight is 374 g/mol. The molecule has 28 heavy (non-hydrogen) atoms. The summed E-state index contributed by atoms with van der Waals surface area (Å²) in [7, 11) is 0. The minimum absolute atomic E-state index is 0.133. The zero-order valence-electron chi connectivity index (χ0n) is 15.9. The van der Waals surface area contributed by atoms with Crippen LogP contribution in [0.1, 0.15) is 21.5 Å². The van der Waals surface area contributed by atoms with E-state index in [0.717, 1.165) is 11.1 Å². The van der Waals surface area contributed by atoms with Crippen molar-refractivity contribution in [1.29, 1.82) is 0 Å². The Balaban J connectivity index is 1.60. The summed E-state index contributed by atoms with van der Waals surface area (Å²) >= 11 is 0. The minimum atomic E-state index is -0.333. The smallest absolute Gasteiger partial charge is 0.251 e. The molecule has 3 aromatic rings. The second-order valence-electron chi connectivity index (χ2n) is 6.51. The van der Waals surface area contributed by atoms with Gasteiger partial charge in [-0.3, -0.25) is 9.59 Å². The molecule has 0 unspecified atom stereocenters. The van der Waals surface area contributed by atoms with Crippen molar-refractivity contribution in [3.05, 3.63) is 89.5 Å². The van der Waals surface area contributed by atoms with Crippen LogP contribution in [-0.4, -0.2) is 18.4 Å². The van der Waals surface area contributed by atoms with E-state index in [1.807, 2.05) is 62.4 Å². The maximum absolute atomic E-state index is 12.3.